The highest BCUT2D eigenvalue weighted by Crippen LogP contribution is 2.36. The summed E-state index contributed by atoms with van der Waals surface area (Å²) in [6, 6.07) is 6.80. The Hall–Kier alpha value is -1.18. The van der Waals surface area contributed by atoms with Crippen LogP contribution in [0.15, 0.2) is 18.2 Å². The standard InChI is InChI=1S/C13H19NO/c1-13(2,3)12-7-9-5-6-10(15-4)8-11(9)14-12/h5-6,8,12,14H,7H2,1-4H3. The Kier molecular flexibility index (Phi) is 2.37. The van der Waals surface area contributed by atoms with Gasteiger partial charge in [0.2, 0.25) is 0 Å². The number of ether oxygens (including phenoxy) is 1. The first kappa shape index (κ1) is 10.3. The normalized spacial score (nSPS) is 19.6. The van der Waals surface area contributed by atoms with Gasteiger partial charge in [0.25, 0.3) is 0 Å². The van der Waals surface area contributed by atoms with Crippen LogP contribution in [0.2, 0.25) is 0 Å². The summed E-state index contributed by atoms with van der Waals surface area (Å²) in [4.78, 5) is 0. The summed E-state index contributed by atoms with van der Waals surface area (Å²) in [5.74, 6) is 0.927. The summed E-state index contributed by atoms with van der Waals surface area (Å²) in [6.45, 7) is 6.81. The summed E-state index contributed by atoms with van der Waals surface area (Å²) < 4.78 is 5.22. The van der Waals surface area contributed by atoms with Crippen LogP contribution in [0.5, 0.6) is 5.75 Å². The number of hydrogen-bond acceptors (Lipinski definition) is 2. The number of hydrogen-bond donors (Lipinski definition) is 1. The van der Waals surface area contributed by atoms with Gasteiger partial charge in [-0.05, 0) is 23.5 Å². The van der Waals surface area contributed by atoms with Crippen molar-refractivity contribution in [2.24, 2.45) is 5.41 Å². The zero-order valence-corrected chi connectivity index (χ0v) is 9.92. The molecule has 1 atom stereocenters. The van der Waals surface area contributed by atoms with Crippen LogP contribution >= 0.6 is 0 Å². The molecule has 0 saturated heterocycles. The van der Waals surface area contributed by atoms with E-state index in [2.05, 4.69) is 38.2 Å². The lowest BCUT2D eigenvalue weighted by Gasteiger charge is -2.27. The lowest BCUT2D eigenvalue weighted by Crippen LogP contribution is -2.31. The lowest BCUT2D eigenvalue weighted by atomic mass is 9.85. The summed E-state index contributed by atoms with van der Waals surface area (Å²) in [7, 11) is 1.71. The van der Waals surface area contributed by atoms with Gasteiger partial charge in [-0.25, -0.2) is 0 Å². The van der Waals surface area contributed by atoms with E-state index >= 15 is 0 Å². The van der Waals surface area contributed by atoms with Gasteiger partial charge in [0.05, 0.1) is 7.11 Å². The van der Waals surface area contributed by atoms with Crippen molar-refractivity contribution in [3.05, 3.63) is 23.8 Å². The molecule has 2 heteroatoms. The maximum absolute atomic E-state index is 5.22. The van der Waals surface area contributed by atoms with Gasteiger partial charge >= 0.3 is 0 Å². The Labute approximate surface area is 91.6 Å². The maximum atomic E-state index is 5.22. The summed E-state index contributed by atoms with van der Waals surface area (Å²) in [6.07, 6.45) is 1.11. The SMILES string of the molecule is COc1ccc2c(c1)NC(C(C)(C)C)C2. The number of anilines is 1. The lowest BCUT2D eigenvalue weighted by molar-refractivity contribution is 0.347. The Balaban J connectivity index is 2.24. The van der Waals surface area contributed by atoms with E-state index in [1.165, 1.54) is 11.3 Å². The molecule has 0 aromatic heterocycles. The molecule has 1 aromatic carbocycles. The third kappa shape index (κ3) is 1.94. The highest BCUT2D eigenvalue weighted by molar-refractivity contribution is 5.60. The van der Waals surface area contributed by atoms with E-state index in [0.717, 1.165) is 12.2 Å². The van der Waals surface area contributed by atoms with Crippen molar-refractivity contribution in [1.82, 2.24) is 0 Å². The molecule has 0 radical (unpaired) electrons. The Morgan fingerprint density at radius 3 is 2.67 bits per heavy atom. The molecule has 0 fully saturated rings. The Morgan fingerprint density at radius 1 is 1.33 bits per heavy atom. The van der Waals surface area contributed by atoms with E-state index < -0.39 is 0 Å². The number of nitrogens with one attached hydrogen (secondary N) is 1. The Morgan fingerprint density at radius 2 is 2.07 bits per heavy atom. The van der Waals surface area contributed by atoms with Crippen molar-refractivity contribution in [3.63, 3.8) is 0 Å². The first-order chi connectivity index (χ1) is 7.00. The van der Waals surface area contributed by atoms with E-state index in [1.54, 1.807) is 7.11 Å². The van der Waals surface area contributed by atoms with Crippen LogP contribution in [0.1, 0.15) is 26.3 Å². The molecule has 0 saturated carbocycles. The fourth-order valence-corrected chi connectivity index (χ4v) is 1.98. The molecule has 2 nitrogen and oxygen atoms in total. The largest absolute Gasteiger partial charge is 0.497 e. The van der Waals surface area contributed by atoms with Crippen LogP contribution in [0.25, 0.3) is 0 Å². The second kappa shape index (κ2) is 3.44. The fourth-order valence-electron chi connectivity index (χ4n) is 1.98. The van der Waals surface area contributed by atoms with Crippen molar-refractivity contribution in [2.75, 3.05) is 12.4 Å². The smallest absolute Gasteiger partial charge is 0.120 e. The average Bonchev–Trinajstić information content (AvgIpc) is 2.59. The predicted octanol–water partition coefficient (Wildman–Crippen LogP) is 3.08. The van der Waals surface area contributed by atoms with E-state index in [4.69, 9.17) is 4.74 Å². The molecule has 1 aliphatic rings. The van der Waals surface area contributed by atoms with Crippen molar-refractivity contribution in [2.45, 2.75) is 33.2 Å². The molecule has 0 spiro atoms. The van der Waals surface area contributed by atoms with Crippen molar-refractivity contribution in [3.8, 4) is 5.75 Å². The maximum Gasteiger partial charge on any atom is 0.120 e. The van der Waals surface area contributed by atoms with Gasteiger partial charge in [-0.3, -0.25) is 0 Å². The van der Waals surface area contributed by atoms with E-state index in [-0.39, 0.29) is 0 Å². The molecular formula is C13H19NO. The first-order valence-electron chi connectivity index (χ1n) is 5.44. The monoisotopic (exact) mass is 205 g/mol. The third-order valence-electron chi connectivity index (χ3n) is 3.12. The number of methoxy groups -OCH3 is 1. The molecule has 1 unspecified atom stereocenters. The number of fused-ring (bicyclic) bond motifs is 1. The van der Waals surface area contributed by atoms with Gasteiger partial charge < -0.3 is 10.1 Å². The second-order valence-corrected chi connectivity index (χ2v) is 5.29. The van der Waals surface area contributed by atoms with Crippen molar-refractivity contribution < 1.29 is 4.74 Å². The quantitative estimate of drug-likeness (QED) is 0.760. The molecule has 2 rings (SSSR count). The van der Waals surface area contributed by atoms with E-state index in [1.807, 2.05) is 6.07 Å². The summed E-state index contributed by atoms with van der Waals surface area (Å²) in [5.41, 5.74) is 2.93. The Bertz CT molecular complexity index is 365. The van der Waals surface area contributed by atoms with Crippen LogP contribution in [-0.4, -0.2) is 13.2 Å². The molecule has 82 valence electrons. The molecule has 1 aromatic rings. The third-order valence-corrected chi connectivity index (χ3v) is 3.12. The van der Waals surface area contributed by atoms with Crippen LogP contribution in [0.3, 0.4) is 0 Å². The molecule has 0 aliphatic carbocycles. The van der Waals surface area contributed by atoms with Gasteiger partial charge in [0, 0.05) is 17.8 Å². The minimum atomic E-state index is 0.298. The van der Waals surface area contributed by atoms with Crippen molar-refractivity contribution in [1.29, 1.82) is 0 Å². The van der Waals surface area contributed by atoms with Gasteiger partial charge in [0.1, 0.15) is 5.75 Å². The van der Waals surface area contributed by atoms with E-state index in [0.29, 0.717) is 11.5 Å². The molecule has 15 heavy (non-hydrogen) atoms. The van der Waals surface area contributed by atoms with Crippen LogP contribution in [0.4, 0.5) is 5.69 Å². The zero-order valence-electron chi connectivity index (χ0n) is 9.92. The highest BCUT2D eigenvalue weighted by Gasteiger charge is 2.30. The van der Waals surface area contributed by atoms with Crippen LogP contribution < -0.4 is 10.1 Å². The van der Waals surface area contributed by atoms with Gasteiger partial charge in [-0.1, -0.05) is 26.8 Å². The predicted molar refractivity (Wildman–Crippen MR) is 63.6 cm³/mol. The minimum Gasteiger partial charge on any atom is -0.497 e. The average molecular weight is 205 g/mol. The summed E-state index contributed by atoms with van der Waals surface area (Å²) >= 11 is 0. The fraction of sp³-hybridized carbons (Fsp3) is 0.538. The zero-order chi connectivity index (χ0) is 11.1. The molecule has 1 heterocycles. The van der Waals surface area contributed by atoms with Crippen molar-refractivity contribution >= 4 is 5.69 Å². The van der Waals surface area contributed by atoms with Crippen LogP contribution in [0, 0.1) is 5.41 Å². The van der Waals surface area contributed by atoms with Gasteiger partial charge in [-0.15, -0.1) is 0 Å². The topological polar surface area (TPSA) is 21.3 Å². The first-order valence-corrected chi connectivity index (χ1v) is 5.44. The molecule has 1 N–H and O–H groups in total. The minimum absolute atomic E-state index is 0.298. The molecular weight excluding hydrogens is 186 g/mol. The van der Waals surface area contributed by atoms with Gasteiger partial charge in [0.15, 0.2) is 0 Å². The number of benzene rings is 1. The highest BCUT2D eigenvalue weighted by atomic mass is 16.5. The van der Waals surface area contributed by atoms with E-state index in [9.17, 15) is 0 Å². The molecule has 0 bridgehead atoms. The number of rotatable bonds is 1. The van der Waals surface area contributed by atoms with Gasteiger partial charge in [-0.2, -0.15) is 0 Å². The molecule has 0 amide bonds. The molecule has 1 aliphatic heterocycles. The summed E-state index contributed by atoms with van der Waals surface area (Å²) in [5, 5.41) is 3.57. The van der Waals surface area contributed by atoms with Crippen LogP contribution in [-0.2, 0) is 6.42 Å². The second-order valence-electron chi connectivity index (χ2n) is 5.29.